The lowest BCUT2D eigenvalue weighted by Crippen LogP contribution is -2.46. The van der Waals surface area contributed by atoms with Crippen LogP contribution in [0.1, 0.15) is 53.9 Å². The maximum atomic E-state index is 10.6. The van der Waals surface area contributed by atoms with Crippen LogP contribution in [-0.4, -0.2) is 26.1 Å². The number of hydrogen-bond acceptors (Lipinski definition) is 2. The van der Waals surface area contributed by atoms with Gasteiger partial charge in [-0.3, -0.25) is 0 Å². The van der Waals surface area contributed by atoms with E-state index >= 15 is 0 Å². The first kappa shape index (κ1) is 16.9. The Morgan fingerprint density at radius 2 is 2.00 bits per heavy atom. The van der Waals surface area contributed by atoms with Gasteiger partial charge in [0.2, 0.25) is 0 Å². The molecule has 0 saturated carbocycles. The summed E-state index contributed by atoms with van der Waals surface area (Å²) in [4.78, 5) is 0. The van der Waals surface area contributed by atoms with Crippen molar-refractivity contribution >= 4 is 8.32 Å². The standard InChI is InChI=1S/C16H32O2Si/c1-13-9-8-10-16(5,11-13)14(17)12-18-19(6,7)15(2,3)4/h9,14,17H,8,10-12H2,1-7H3/t14-,16-/m0/s1. The third-order valence-electron chi connectivity index (χ3n) is 5.10. The number of aliphatic hydroxyl groups excluding tert-OH is 1. The highest BCUT2D eigenvalue weighted by Gasteiger charge is 2.40. The van der Waals surface area contributed by atoms with E-state index in [1.54, 1.807) is 0 Å². The molecule has 0 fully saturated rings. The van der Waals surface area contributed by atoms with Crippen LogP contribution in [0.2, 0.25) is 18.1 Å². The smallest absolute Gasteiger partial charge is 0.192 e. The third kappa shape index (κ3) is 4.17. The van der Waals surface area contributed by atoms with E-state index in [2.05, 4.69) is 53.8 Å². The molecule has 1 N–H and O–H groups in total. The molecule has 0 heterocycles. The van der Waals surface area contributed by atoms with E-state index in [9.17, 15) is 5.11 Å². The summed E-state index contributed by atoms with van der Waals surface area (Å²) in [6, 6.07) is 0. The zero-order valence-electron chi connectivity index (χ0n) is 13.8. The van der Waals surface area contributed by atoms with Crippen LogP contribution < -0.4 is 0 Å². The quantitative estimate of drug-likeness (QED) is 0.608. The molecule has 19 heavy (non-hydrogen) atoms. The topological polar surface area (TPSA) is 29.5 Å². The van der Waals surface area contributed by atoms with E-state index < -0.39 is 8.32 Å². The Morgan fingerprint density at radius 1 is 1.42 bits per heavy atom. The Balaban J connectivity index is 2.61. The molecule has 0 amide bonds. The van der Waals surface area contributed by atoms with Crippen molar-refractivity contribution in [2.45, 2.75) is 78.1 Å². The van der Waals surface area contributed by atoms with Crippen molar-refractivity contribution in [1.29, 1.82) is 0 Å². The van der Waals surface area contributed by atoms with Crippen molar-refractivity contribution < 1.29 is 9.53 Å². The number of rotatable bonds is 4. The van der Waals surface area contributed by atoms with Gasteiger partial charge < -0.3 is 9.53 Å². The van der Waals surface area contributed by atoms with Gasteiger partial charge in [0.15, 0.2) is 8.32 Å². The molecule has 0 aliphatic heterocycles. The summed E-state index contributed by atoms with van der Waals surface area (Å²) in [5.41, 5.74) is 1.39. The first-order chi connectivity index (χ1) is 8.48. The highest BCUT2D eigenvalue weighted by molar-refractivity contribution is 6.74. The monoisotopic (exact) mass is 284 g/mol. The van der Waals surface area contributed by atoms with Crippen molar-refractivity contribution in [2.75, 3.05) is 6.61 Å². The molecular weight excluding hydrogens is 252 g/mol. The minimum atomic E-state index is -1.76. The fraction of sp³-hybridized carbons (Fsp3) is 0.875. The van der Waals surface area contributed by atoms with Gasteiger partial charge >= 0.3 is 0 Å². The average Bonchev–Trinajstić information content (AvgIpc) is 2.24. The minimum Gasteiger partial charge on any atom is -0.414 e. The Hall–Kier alpha value is -0.123. The van der Waals surface area contributed by atoms with Crippen molar-refractivity contribution in [3.8, 4) is 0 Å². The highest BCUT2D eigenvalue weighted by Crippen LogP contribution is 2.41. The van der Waals surface area contributed by atoms with Crippen LogP contribution >= 0.6 is 0 Å². The molecule has 0 aromatic heterocycles. The summed E-state index contributed by atoms with van der Waals surface area (Å²) < 4.78 is 6.18. The molecule has 0 radical (unpaired) electrons. The Labute approximate surface area is 120 Å². The van der Waals surface area contributed by atoms with E-state index in [0.717, 1.165) is 19.3 Å². The van der Waals surface area contributed by atoms with Gasteiger partial charge in [-0.25, -0.2) is 0 Å². The van der Waals surface area contributed by atoms with Gasteiger partial charge in [-0.2, -0.15) is 0 Å². The zero-order chi connectivity index (χ0) is 14.9. The summed E-state index contributed by atoms with van der Waals surface area (Å²) in [6.45, 7) is 16.0. The first-order valence-electron chi connectivity index (χ1n) is 7.46. The van der Waals surface area contributed by atoms with Gasteiger partial charge in [0.25, 0.3) is 0 Å². The van der Waals surface area contributed by atoms with Crippen LogP contribution in [-0.2, 0) is 4.43 Å². The molecule has 0 saturated heterocycles. The first-order valence-corrected chi connectivity index (χ1v) is 10.4. The molecule has 1 aliphatic carbocycles. The van der Waals surface area contributed by atoms with Crippen molar-refractivity contribution in [3.63, 3.8) is 0 Å². The van der Waals surface area contributed by atoms with Gasteiger partial charge in [0.05, 0.1) is 12.7 Å². The van der Waals surface area contributed by atoms with Crippen LogP contribution in [0.5, 0.6) is 0 Å². The van der Waals surface area contributed by atoms with Crippen LogP contribution in [0.3, 0.4) is 0 Å². The van der Waals surface area contributed by atoms with E-state index in [1.807, 2.05) is 0 Å². The summed E-state index contributed by atoms with van der Waals surface area (Å²) in [5, 5.41) is 10.8. The third-order valence-corrected chi connectivity index (χ3v) is 9.60. The largest absolute Gasteiger partial charge is 0.414 e. The maximum absolute atomic E-state index is 10.6. The van der Waals surface area contributed by atoms with Gasteiger partial charge in [-0.1, -0.05) is 39.3 Å². The summed E-state index contributed by atoms with van der Waals surface area (Å²) in [5.74, 6) is 0. The van der Waals surface area contributed by atoms with Gasteiger partial charge in [-0.05, 0) is 49.7 Å². The lowest BCUT2D eigenvalue weighted by atomic mass is 9.72. The number of allylic oxidation sites excluding steroid dienone is 2. The molecule has 0 aromatic rings. The summed E-state index contributed by atoms with van der Waals surface area (Å²) >= 11 is 0. The van der Waals surface area contributed by atoms with Crippen LogP contribution in [0, 0.1) is 5.41 Å². The SMILES string of the molecule is CC1=CCC[C@](C)([C@@H](O)CO[Si](C)(C)C(C)(C)C)C1. The average molecular weight is 285 g/mol. The summed E-state index contributed by atoms with van der Waals surface area (Å²) in [6.07, 6.45) is 5.08. The zero-order valence-corrected chi connectivity index (χ0v) is 14.8. The fourth-order valence-electron chi connectivity index (χ4n) is 2.44. The fourth-order valence-corrected chi connectivity index (χ4v) is 3.44. The predicted molar refractivity (Wildman–Crippen MR) is 84.9 cm³/mol. The Morgan fingerprint density at radius 3 is 2.47 bits per heavy atom. The second-order valence-electron chi connectivity index (χ2n) is 8.01. The molecular formula is C16H32O2Si. The second kappa shape index (κ2) is 5.70. The van der Waals surface area contributed by atoms with Gasteiger partial charge in [0, 0.05) is 0 Å². The normalized spacial score (nSPS) is 27.1. The summed E-state index contributed by atoms with van der Waals surface area (Å²) in [7, 11) is -1.76. The van der Waals surface area contributed by atoms with Crippen LogP contribution in [0.4, 0.5) is 0 Å². The number of hydrogen-bond donors (Lipinski definition) is 1. The van der Waals surface area contributed by atoms with Crippen molar-refractivity contribution in [3.05, 3.63) is 11.6 Å². The molecule has 0 aromatic carbocycles. The number of aliphatic hydroxyl groups is 1. The minimum absolute atomic E-state index is 0.0127. The molecule has 3 heteroatoms. The van der Waals surface area contributed by atoms with Crippen LogP contribution in [0.25, 0.3) is 0 Å². The second-order valence-corrected chi connectivity index (χ2v) is 12.8. The van der Waals surface area contributed by atoms with Crippen molar-refractivity contribution in [1.82, 2.24) is 0 Å². The lowest BCUT2D eigenvalue weighted by molar-refractivity contribution is -0.00916. The Kier molecular flexibility index (Phi) is 5.08. The van der Waals surface area contributed by atoms with Crippen molar-refractivity contribution in [2.24, 2.45) is 5.41 Å². The molecule has 0 spiro atoms. The lowest BCUT2D eigenvalue weighted by Gasteiger charge is -2.41. The van der Waals surface area contributed by atoms with Gasteiger partial charge in [0.1, 0.15) is 0 Å². The molecule has 0 unspecified atom stereocenters. The van der Waals surface area contributed by atoms with E-state index in [0.29, 0.717) is 6.61 Å². The molecule has 1 aliphatic rings. The van der Waals surface area contributed by atoms with E-state index in [4.69, 9.17) is 4.43 Å². The molecule has 1 rings (SSSR count). The van der Waals surface area contributed by atoms with Gasteiger partial charge in [-0.15, -0.1) is 0 Å². The molecule has 0 bridgehead atoms. The predicted octanol–water partition coefficient (Wildman–Crippen LogP) is 4.51. The van der Waals surface area contributed by atoms with E-state index in [-0.39, 0.29) is 16.6 Å². The van der Waals surface area contributed by atoms with E-state index in [1.165, 1.54) is 5.57 Å². The molecule has 2 nitrogen and oxygen atoms in total. The van der Waals surface area contributed by atoms with Crippen LogP contribution in [0.15, 0.2) is 11.6 Å². The molecule has 112 valence electrons. The maximum Gasteiger partial charge on any atom is 0.192 e. The highest BCUT2D eigenvalue weighted by atomic mass is 28.4. The Bertz CT molecular complexity index is 341. The molecule has 2 atom stereocenters.